The Balaban J connectivity index is 1.68. The first-order valence-corrected chi connectivity index (χ1v) is 7.97. The van der Waals surface area contributed by atoms with Gasteiger partial charge in [-0.2, -0.15) is 0 Å². The Morgan fingerprint density at radius 2 is 2.00 bits per heavy atom. The van der Waals surface area contributed by atoms with Crippen molar-refractivity contribution < 1.29 is 9.53 Å². The molecule has 4 heteroatoms. The number of ether oxygens (including phenoxy) is 1. The van der Waals surface area contributed by atoms with Crippen LogP contribution in [0.2, 0.25) is 0 Å². The van der Waals surface area contributed by atoms with Crippen molar-refractivity contribution in [2.45, 2.75) is 31.8 Å². The lowest BCUT2D eigenvalue weighted by molar-refractivity contribution is 0.0909. The highest BCUT2D eigenvalue weighted by molar-refractivity contribution is 5.91. The second-order valence-corrected chi connectivity index (χ2v) is 5.66. The van der Waals surface area contributed by atoms with Crippen LogP contribution in [0.15, 0.2) is 42.5 Å². The number of anilines is 1. The van der Waals surface area contributed by atoms with E-state index in [4.69, 9.17) is 4.74 Å². The summed E-state index contributed by atoms with van der Waals surface area (Å²) in [5.41, 5.74) is 3.00. The Morgan fingerprint density at radius 3 is 2.77 bits per heavy atom. The third kappa shape index (κ3) is 3.77. The molecule has 0 unspecified atom stereocenters. The van der Waals surface area contributed by atoms with Gasteiger partial charge in [0.05, 0.1) is 5.69 Å². The summed E-state index contributed by atoms with van der Waals surface area (Å²) in [6, 6.07) is 7.86. The minimum atomic E-state index is -0.361. The van der Waals surface area contributed by atoms with Gasteiger partial charge in [0.15, 0.2) is 0 Å². The average molecular weight is 298 g/mol. The number of hydrogen-bond acceptors (Lipinski definition) is 3. The van der Waals surface area contributed by atoms with Crippen LogP contribution in [0.5, 0.6) is 0 Å². The van der Waals surface area contributed by atoms with Crippen molar-refractivity contribution in [2.75, 3.05) is 18.4 Å². The molecule has 0 aromatic heterocycles. The summed E-state index contributed by atoms with van der Waals surface area (Å²) in [7, 11) is 0. The third-order valence-corrected chi connectivity index (χ3v) is 4.03. The number of piperidine rings is 1. The van der Waals surface area contributed by atoms with Crippen LogP contribution >= 0.6 is 0 Å². The zero-order valence-corrected chi connectivity index (χ0v) is 12.7. The Morgan fingerprint density at radius 1 is 1.18 bits per heavy atom. The summed E-state index contributed by atoms with van der Waals surface area (Å²) < 4.78 is 5.51. The van der Waals surface area contributed by atoms with E-state index in [0.29, 0.717) is 0 Å². The van der Waals surface area contributed by atoms with Crippen LogP contribution in [0, 0.1) is 0 Å². The van der Waals surface area contributed by atoms with Crippen molar-refractivity contribution in [1.29, 1.82) is 0 Å². The molecule has 1 aliphatic carbocycles. The topological polar surface area (TPSA) is 50.4 Å². The number of nitrogens with one attached hydrogen (secondary N) is 2. The zero-order chi connectivity index (χ0) is 15.2. The van der Waals surface area contributed by atoms with E-state index in [2.05, 4.69) is 28.9 Å². The van der Waals surface area contributed by atoms with Gasteiger partial charge in [-0.15, -0.1) is 0 Å². The molecule has 1 heterocycles. The molecule has 2 aliphatic rings. The fourth-order valence-electron chi connectivity index (χ4n) is 2.86. The summed E-state index contributed by atoms with van der Waals surface area (Å²) >= 11 is 0. The molecule has 0 bridgehead atoms. The maximum Gasteiger partial charge on any atom is 0.411 e. The molecule has 1 saturated heterocycles. The Kier molecular flexibility index (Phi) is 4.91. The highest BCUT2D eigenvalue weighted by Gasteiger charge is 2.18. The number of rotatable bonds is 3. The summed E-state index contributed by atoms with van der Waals surface area (Å²) in [5, 5.41) is 6.16. The quantitative estimate of drug-likeness (QED) is 0.894. The molecule has 22 heavy (non-hydrogen) atoms. The van der Waals surface area contributed by atoms with E-state index in [1.807, 2.05) is 24.3 Å². The lowest BCUT2D eigenvalue weighted by Crippen LogP contribution is -2.34. The highest BCUT2D eigenvalue weighted by Crippen LogP contribution is 2.28. The molecule has 1 fully saturated rings. The minimum absolute atomic E-state index is 0.0159. The molecule has 2 N–H and O–H groups in total. The summed E-state index contributed by atoms with van der Waals surface area (Å²) in [6.07, 6.45) is 10.0. The van der Waals surface area contributed by atoms with E-state index in [-0.39, 0.29) is 12.2 Å². The maximum absolute atomic E-state index is 12.1. The normalized spacial score (nSPS) is 18.6. The third-order valence-electron chi connectivity index (χ3n) is 4.03. The van der Waals surface area contributed by atoms with Crippen LogP contribution in [0.25, 0.3) is 5.57 Å². The molecule has 1 amide bonds. The lowest BCUT2D eigenvalue weighted by Gasteiger charge is -2.23. The van der Waals surface area contributed by atoms with E-state index in [1.54, 1.807) is 0 Å². The van der Waals surface area contributed by atoms with Gasteiger partial charge in [0.1, 0.15) is 6.10 Å². The molecule has 116 valence electrons. The van der Waals surface area contributed by atoms with Gasteiger partial charge in [0, 0.05) is 5.56 Å². The molecular formula is C18H22N2O2. The smallest absolute Gasteiger partial charge is 0.411 e. The van der Waals surface area contributed by atoms with Crippen LogP contribution in [-0.4, -0.2) is 25.3 Å². The second kappa shape index (κ2) is 7.27. The van der Waals surface area contributed by atoms with E-state index in [9.17, 15) is 4.79 Å². The van der Waals surface area contributed by atoms with E-state index >= 15 is 0 Å². The van der Waals surface area contributed by atoms with Gasteiger partial charge >= 0.3 is 6.09 Å². The number of amides is 1. The van der Waals surface area contributed by atoms with Crippen molar-refractivity contribution in [3.05, 3.63) is 48.1 Å². The largest absolute Gasteiger partial charge is 0.446 e. The Labute approximate surface area is 131 Å². The van der Waals surface area contributed by atoms with Crippen molar-refractivity contribution >= 4 is 17.4 Å². The van der Waals surface area contributed by atoms with Crippen molar-refractivity contribution in [2.24, 2.45) is 0 Å². The first kappa shape index (κ1) is 14.9. The van der Waals surface area contributed by atoms with E-state index in [1.165, 1.54) is 0 Å². The molecular weight excluding hydrogens is 276 g/mol. The van der Waals surface area contributed by atoms with Gasteiger partial charge in [-0.3, -0.25) is 5.32 Å². The number of benzene rings is 1. The zero-order valence-electron chi connectivity index (χ0n) is 12.7. The minimum Gasteiger partial charge on any atom is -0.446 e. The van der Waals surface area contributed by atoms with Crippen LogP contribution < -0.4 is 10.6 Å². The van der Waals surface area contributed by atoms with Gasteiger partial charge in [0.2, 0.25) is 0 Å². The van der Waals surface area contributed by atoms with Gasteiger partial charge in [-0.25, -0.2) is 4.79 Å². The molecule has 4 nitrogen and oxygen atoms in total. The molecule has 1 aromatic rings. The average Bonchev–Trinajstić information content (AvgIpc) is 2.57. The summed E-state index contributed by atoms with van der Waals surface area (Å²) in [5.74, 6) is 0. The summed E-state index contributed by atoms with van der Waals surface area (Å²) in [6.45, 7) is 1.82. The number of hydrogen-bond donors (Lipinski definition) is 2. The van der Waals surface area contributed by atoms with Gasteiger partial charge < -0.3 is 10.1 Å². The Bertz CT molecular complexity index is 587. The number of carbonyl (C=O) groups is 1. The number of allylic oxidation sites excluding steroid dienone is 4. The van der Waals surface area contributed by atoms with Crippen LogP contribution in [0.4, 0.5) is 10.5 Å². The molecule has 1 aromatic carbocycles. The Hall–Kier alpha value is -2.07. The molecule has 0 spiro atoms. The monoisotopic (exact) mass is 298 g/mol. The van der Waals surface area contributed by atoms with E-state index < -0.39 is 0 Å². The van der Waals surface area contributed by atoms with Gasteiger partial charge in [-0.1, -0.05) is 36.4 Å². The van der Waals surface area contributed by atoms with E-state index in [0.717, 1.165) is 55.6 Å². The first-order chi connectivity index (χ1) is 10.8. The van der Waals surface area contributed by atoms with Crippen molar-refractivity contribution in [3.8, 4) is 0 Å². The molecule has 0 saturated carbocycles. The molecule has 0 radical (unpaired) electrons. The predicted octanol–water partition coefficient (Wildman–Crippen LogP) is 3.72. The molecule has 0 atom stereocenters. The number of carbonyl (C=O) groups excluding carboxylic acids is 1. The van der Waals surface area contributed by atoms with Gasteiger partial charge in [0.25, 0.3) is 0 Å². The fraction of sp³-hybridized carbons (Fsp3) is 0.389. The van der Waals surface area contributed by atoms with Crippen molar-refractivity contribution in [3.63, 3.8) is 0 Å². The second-order valence-electron chi connectivity index (χ2n) is 5.66. The fourth-order valence-corrected chi connectivity index (χ4v) is 2.86. The molecule has 3 rings (SSSR count). The lowest BCUT2D eigenvalue weighted by atomic mass is 9.98. The molecule has 1 aliphatic heterocycles. The first-order valence-electron chi connectivity index (χ1n) is 7.97. The number of para-hydroxylation sites is 1. The van der Waals surface area contributed by atoms with Crippen LogP contribution in [-0.2, 0) is 4.74 Å². The predicted molar refractivity (Wildman–Crippen MR) is 88.8 cm³/mol. The SMILES string of the molecule is O=C(Nc1ccccc1C1=CCCC=C1)OC1CCNCC1. The highest BCUT2D eigenvalue weighted by atomic mass is 16.6. The van der Waals surface area contributed by atoms with Crippen molar-refractivity contribution in [1.82, 2.24) is 5.32 Å². The standard InChI is InChI=1S/C18H22N2O2/c21-18(22-15-10-12-19-13-11-15)20-17-9-5-4-8-16(17)14-6-2-1-3-7-14/h2,4-9,15,19H,1,3,10-13H2,(H,20,21). The maximum atomic E-state index is 12.1. The van der Waals surface area contributed by atoms with Crippen LogP contribution in [0.1, 0.15) is 31.2 Å². The van der Waals surface area contributed by atoms with Crippen LogP contribution in [0.3, 0.4) is 0 Å². The van der Waals surface area contributed by atoms with Gasteiger partial charge in [-0.05, 0) is 50.4 Å². The summed E-state index contributed by atoms with van der Waals surface area (Å²) in [4.78, 5) is 12.1.